The second-order valence-electron chi connectivity index (χ2n) is 6.47. The lowest BCUT2D eigenvalue weighted by Gasteiger charge is -2.32. The molecule has 0 saturated carbocycles. The van der Waals surface area contributed by atoms with Crippen LogP contribution < -0.4 is 5.32 Å². The highest BCUT2D eigenvalue weighted by Gasteiger charge is 2.42. The van der Waals surface area contributed by atoms with Gasteiger partial charge in [-0.15, -0.1) is 0 Å². The number of hydrogen-bond donors (Lipinski definition) is 2. The molecule has 1 fully saturated rings. The van der Waals surface area contributed by atoms with Gasteiger partial charge in [-0.3, -0.25) is 14.9 Å². The van der Waals surface area contributed by atoms with E-state index in [1.54, 1.807) is 6.20 Å². The summed E-state index contributed by atoms with van der Waals surface area (Å²) >= 11 is 0. The molecule has 1 saturated heterocycles. The summed E-state index contributed by atoms with van der Waals surface area (Å²) in [6.45, 7) is 0.214. The monoisotopic (exact) mass is 365 g/mol. The van der Waals surface area contributed by atoms with Gasteiger partial charge in [-0.25, -0.2) is 9.37 Å². The number of alkyl halides is 1. The van der Waals surface area contributed by atoms with Crippen LogP contribution in [0.25, 0.3) is 22.2 Å². The van der Waals surface area contributed by atoms with Gasteiger partial charge in [-0.1, -0.05) is 18.2 Å². The number of fused-ring (bicyclic) bond motifs is 1. The van der Waals surface area contributed by atoms with Crippen molar-refractivity contribution in [2.75, 3.05) is 18.4 Å². The normalized spacial score (nSPS) is 19.6. The quantitative estimate of drug-likeness (QED) is 0.689. The van der Waals surface area contributed by atoms with Gasteiger partial charge in [0.25, 0.3) is 5.91 Å². The summed E-state index contributed by atoms with van der Waals surface area (Å²) in [5.74, 6) is -0.646. The average Bonchev–Trinajstić information content (AvgIpc) is 3.17. The number of benzene rings is 1. The number of piperidine rings is 1. The van der Waals surface area contributed by atoms with E-state index in [-0.39, 0.29) is 18.8 Å². The Bertz CT molecular complexity index is 1030. The zero-order valence-corrected chi connectivity index (χ0v) is 14.3. The molecule has 27 heavy (non-hydrogen) atoms. The number of aromatic nitrogens is 4. The Morgan fingerprint density at radius 1 is 1.33 bits per heavy atom. The predicted molar refractivity (Wildman–Crippen MR) is 96.0 cm³/mol. The number of rotatable bonds is 3. The summed E-state index contributed by atoms with van der Waals surface area (Å²) in [5.41, 5.74) is 0.154. The summed E-state index contributed by atoms with van der Waals surface area (Å²) in [5, 5.41) is 19.3. The van der Waals surface area contributed by atoms with Gasteiger partial charge in [0, 0.05) is 17.5 Å². The third-order valence-electron chi connectivity index (χ3n) is 4.64. The van der Waals surface area contributed by atoms with E-state index in [0.717, 1.165) is 16.5 Å². The first kappa shape index (κ1) is 16.9. The molecule has 1 aliphatic rings. The lowest BCUT2D eigenvalue weighted by Crippen LogP contribution is -2.51. The van der Waals surface area contributed by atoms with Gasteiger partial charge in [0.05, 0.1) is 36.3 Å². The first-order valence-electron chi connectivity index (χ1n) is 8.49. The fourth-order valence-corrected chi connectivity index (χ4v) is 3.22. The molecule has 1 aliphatic heterocycles. The van der Waals surface area contributed by atoms with Crippen molar-refractivity contribution in [1.82, 2.24) is 25.1 Å². The number of anilines is 1. The van der Waals surface area contributed by atoms with E-state index in [2.05, 4.69) is 25.5 Å². The van der Waals surface area contributed by atoms with E-state index in [0.29, 0.717) is 18.7 Å². The lowest BCUT2D eigenvalue weighted by atomic mass is 9.94. The molecule has 0 spiro atoms. The van der Waals surface area contributed by atoms with Crippen molar-refractivity contribution in [3.05, 3.63) is 36.8 Å². The predicted octanol–water partition coefficient (Wildman–Crippen LogP) is 2.24. The number of amides is 1. The highest BCUT2D eigenvalue weighted by atomic mass is 19.1. The minimum atomic E-state index is -2.12. The zero-order valence-electron chi connectivity index (χ0n) is 14.3. The Hall–Kier alpha value is -3.54. The third-order valence-corrected chi connectivity index (χ3v) is 4.64. The topological polar surface area (TPSA) is 111 Å². The van der Waals surface area contributed by atoms with Crippen molar-refractivity contribution in [2.24, 2.45) is 0 Å². The maximum absolute atomic E-state index is 14.9. The van der Waals surface area contributed by atoms with Crippen molar-refractivity contribution < 1.29 is 9.18 Å². The number of nitrogens with one attached hydrogen (secondary N) is 2. The number of aromatic amines is 1. The molecule has 136 valence electrons. The fourth-order valence-electron chi connectivity index (χ4n) is 3.22. The van der Waals surface area contributed by atoms with Crippen LogP contribution in [0.2, 0.25) is 0 Å². The first-order valence-corrected chi connectivity index (χ1v) is 8.49. The van der Waals surface area contributed by atoms with E-state index in [1.165, 1.54) is 17.3 Å². The minimum absolute atomic E-state index is 0.0738. The summed E-state index contributed by atoms with van der Waals surface area (Å²) < 4.78 is 14.9. The first-order chi connectivity index (χ1) is 13.1. The van der Waals surface area contributed by atoms with Crippen molar-refractivity contribution >= 4 is 22.6 Å². The average molecular weight is 365 g/mol. The Morgan fingerprint density at radius 3 is 3.00 bits per heavy atom. The van der Waals surface area contributed by atoms with E-state index < -0.39 is 11.6 Å². The molecule has 8 nitrogen and oxygen atoms in total. The van der Waals surface area contributed by atoms with Crippen molar-refractivity contribution in [3.8, 4) is 17.5 Å². The maximum atomic E-state index is 14.9. The fraction of sp³-hybridized carbons (Fsp3) is 0.278. The minimum Gasteiger partial charge on any atom is -0.307 e. The number of carbonyl (C=O) groups excluding carboxylic acids is 1. The number of nitrogens with zero attached hydrogens (tertiary/aromatic N) is 5. The zero-order chi connectivity index (χ0) is 18.9. The Balaban J connectivity index is 1.52. The number of carbonyl (C=O) groups is 1. The molecular weight excluding hydrogens is 349 g/mol. The second-order valence-corrected chi connectivity index (χ2v) is 6.47. The van der Waals surface area contributed by atoms with Crippen LogP contribution in [0.4, 0.5) is 10.2 Å². The summed E-state index contributed by atoms with van der Waals surface area (Å²) in [6.07, 6.45) is 7.02. The molecule has 9 heteroatoms. The second kappa shape index (κ2) is 6.64. The number of likely N-dealkylation sites (tertiary alicyclic amines) is 1. The van der Waals surface area contributed by atoms with Gasteiger partial charge in [0.1, 0.15) is 0 Å². The van der Waals surface area contributed by atoms with Crippen LogP contribution in [0, 0.1) is 11.5 Å². The van der Waals surface area contributed by atoms with Crippen LogP contribution >= 0.6 is 0 Å². The lowest BCUT2D eigenvalue weighted by molar-refractivity contribution is -0.130. The molecular formula is C18H16FN7O. The number of para-hydroxylation sites is 1. The van der Waals surface area contributed by atoms with Crippen LogP contribution in [0.15, 0.2) is 36.8 Å². The van der Waals surface area contributed by atoms with Crippen molar-refractivity contribution in [1.29, 1.82) is 5.26 Å². The van der Waals surface area contributed by atoms with Crippen molar-refractivity contribution in [2.45, 2.75) is 18.5 Å². The van der Waals surface area contributed by atoms with Gasteiger partial charge >= 0.3 is 0 Å². The molecule has 0 unspecified atom stereocenters. The highest BCUT2D eigenvalue weighted by molar-refractivity contribution is 5.97. The molecule has 3 aromatic rings. The van der Waals surface area contributed by atoms with E-state index in [9.17, 15) is 9.18 Å². The molecule has 0 bridgehead atoms. The molecule has 1 aromatic carbocycles. The van der Waals surface area contributed by atoms with Crippen LogP contribution in [0.1, 0.15) is 12.8 Å². The number of hydrogen-bond acceptors (Lipinski definition) is 6. The third kappa shape index (κ3) is 3.17. The van der Waals surface area contributed by atoms with Gasteiger partial charge in [0.2, 0.25) is 5.67 Å². The molecule has 4 rings (SSSR count). The molecule has 2 N–H and O–H groups in total. The van der Waals surface area contributed by atoms with Crippen molar-refractivity contribution in [3.63, 3.8) is 0 Å². The molecule has 2 aromatic heterocycles. The van der Waals surface area contributed by atoms with E-state index in [4.69, 9.17) is 5.26 Å². The molecule has 3 heterocycles. The maximum Gasteiger partial charge on any atom is 0.265 e. The van der Waals surface area contributed by atoms with Gasteiger partial charge in [-0.2, -0.15) is 10.4 Å². The smallest absolute Gasteiger partial charge is 0.265 e. The van der Waals surface area contributed by atoms with Gasteiger partial charge < -0.3 is 10.2 Å². The SMILES string of the molecule is N#CN1CCC[C@](F)(C(=O)Nc2cnc(-c3cccc4cn[nH]c34)cn2)C1. The Kier molecular flexibility index (Phi) is 4.16. The Morgan fingerprint density at radius 2 is 2.22 bits per heavy atom. The number of H-pyrrole nitrogens is 1. The van der Waals surface area contributed by atoms with Gasteiger partial charge in [-0.05, 0) is 12.8 Å². The summed E-state index contributed by atoms with van der Waals surface area (Å²) in [4.78, 5) is 22.1. The van der Waals surface area contributed by atoms with E-state index in [1.807, 2.05) is 24.4 Å². The van der Waals surface area contributed by atoms with Crippen LogP contribution in [0.5, 0.6) is 0 Å². The Labute approximate surface area is 154 Å². The van der Waals surface area contributed by atoms with Crippen LogP contribution in [0.3, 0.4) is 0 Å². The largest absolute Gasteiger partial charge is 0.307 e. The molecule has 0 radical (unpaired) electrons. The molecule has 1 amide bonds. The van der Waals surface area contributed by atoms with Gasteiger partial charge in [0.15, 0.2) is 12.0 Å². The molecule has 0 aliphatic carbocycles. The standard InChI is InChI=1S/C18H16FN7O/c19-18(5-2-6-26(10-18)11-20)17(27)24-15-9-21-14(8-22-15)13-4-1-3-12-7-23-25-16(12)13/h1,3-4,7-9H,2,5-6,10H2,(H,23,25)(H,22,24,27)/t18-/m1/s1. The summed E-state index contributed by atoms with van der Waals surface area (Å²) in [6, 6.07) is 5.71. The van der Waals surface area contributed by atoms with Crippen LogP contribution in [-0.4, -0.2) is 49.7 Å². The number of halogens is 1. The highest BCUT2D eigenvalue weighted by Crippen LogP contribution is 2.27. The van der Waals surface area contributed by atoms with Crippen LogP contribution in [-0.2, 0) is 4.79 Å². The number of nitriles is 1. The molecule has 1 atom stereocenters. The van der Waals surface area contributed by atoms with E-state index >= 15 is 0 Å². The summed E-state index contributed by atoms with van der Waals surface area (Å²) in [7, 11) is 0.